The van der Waals surface area contributed by atoms with Gasteiger partial charge in [-0.2, -0.15) is 0 Å². The summed E-state index contributed by atoms with van der Waals surface area (Å²) in [6, 6.07) is 15.8. The van der Waals surface area contributed by atoms with E-state index >= 15 is 0 Å². The van der Waals surface area contributed by atoms with Crippen molar-refractivity contribution in [1.82, 2.24) is 0 Å². The molecule has 128 valence electrons. The van der Waals surface area contributed by atoms with Gasteiger partial charge in [0, 0.05) is 5.69 Å². The third-order valence-corrected chi connectivity index (χ3v) is 4.29. The van der Waals surface area contributed by atoms with E-state index < -0.39 is 0 Å². The fourth-order valence-electron chi connectivity index (χ4n) is 2.54. The van der Waals surface area contributed by atoms with Gasteiger partial charge in [0.2, 0.25) is 0 Å². The van der Waals surface area contributed by atoms with Gasteiger partial charge in [0.15, 0.2) is 6.61 Å². The predicted octanol–water partition coefficient (Wildman–Crippen LogP) is 5.34. The largest absolute Gasteiger partial charge is 0.484 e. The van der Waals surface area contributed by atoms with Crippen LogP contribution in [0, 0.1) is 0 Å². The minimum atomic E-state index is -0.140. The molecule has 0 unspecified atom stereocenters. The molecule has 3 heteroatoms. The molecule has 3 nitrogen and oxygen atoms in total. The lowest BCUT2D eigenvalue weighted by Gasteiger charge is -2.16. The molecule has 0 saturated carbocycles. The smallest absolute Gasteiger partial charge is 0.262 e. The molecule has 0 aromatic heterocycles. The van der Waals surface area contributed by atoms with Crippen molar-refractivity contribution in [2.24, 2.45) is 0 Å². The van der Waals surface area contributed by atoms with Gasteiger partial charge in [-0.25, -0.2) is 0 Å². The van der Waals surface area contributed by atoms with Crippen LogP contribution in [0.1, 0.15) is 57.1 Å². The first-order valence-corrected chi connectivity index (χ1v) is 8.62. The monoisotopic (exact) mass is 325 g/mol. The van der Waals surface area contributed by atoms with Gasteiger partial charge in [0.05, 0.1) is 0 Å². The van der Waals surface area contributed by atoms with Gasteiger partial charge in [0.25, 0.3) is 5.91 Å². The Balaban J connectivity index is 1.94. The molecule has 1 atom stereocenters. The number of hydrogen-bond acceptors (Lipinski definition) is 2. The molecule has 1 amide bonds. The van der Waals surface area contributed by atoms with Gasteiger partial charge in [-0.15, -0.1) is 0 Å². The van der Waals surface area contributed by atoms with Crippen molar-refractivity contribution < 1.29 is 9.53 Å². The van der Waals surface area contributed by atoms with Crippen molar-refractivity contribution in [1.29, 1.82) is 0 Å². The highest BCUT2D eigenvalue weighted by molar-refractivity contribution is 5.92. The predicted molar refractivity (Wildman–Crippen MR) is 99.8 cm³/mol. The fourth-order valence-corrected chi connectivity index (χ4v) is 2.54. The summed E-state index contributed by atoms with van der Waals surface area (Å²) >= 11 is 0. The van der Waals surface area contributed by atoms with E-state index in [-0.39, 0.29) is 12.5 Å². The summed E-state index contributed by atoms with van der Waals surface area (Å²) in [5.74, 6) is 1.47. The normalized spacial score (nSPS) is 12.0. The van der Waals surface area contributed by atoms with Crippen LogP contribution in [-0.4, -0.2) is 12.5 Å². The molecule has 0 aliphatic heterocycles. The van der Waals surface area contributed by atoms with E-state index in [9.17, 15) is 4.79 Å². The maximum absolute atomic E-state index is 12.2. The summed E-state index contributed by atoms with van der Waals surface area (Å²) in [5.41, 5.74) is 3.29. The van der Waals surface area contributed by atoms with Crippen LogP contribution in [0.15, 0.2) is 48.5 Å². The van der Waals surface area contributed by atoms with E-state index in [1.165, 1.54) is 5.56 Å². The standard InChI is InChI=1S/C21H27NO2/c1-5-16(4)19-8-6-7-9-20(19)22-21(23)14-24-18-12-10-17(11-13-18)15(2)3/h6-13,15-16H,5,14H2,1-4H3,(H,22,23)/t16-/m0/s1. The van der Waals surface area contributed by atoms with Crippen molar-refractivity contribution in [3.05, 3.63) is 59.7 Å². The SMILES string of the molecule is CC[C@H](C)c1ccccc1NC(=O)COc1ccc(C(C)C)cc1. The number of hydrogen-bond donors (Lipinski definition) is 1. The Bertz CT molecular complexity index is 662. The number of rotatable bonds is 7. The number of carbonyl (C=O) groups is 1. The van der Waals surface area contributed by atoms with Crippen molar-refractivity contribution in [3.8, 4) is 5.75 Å². The second-order valence-corrected chi connectivity index (χ2v) is 6.46. The lowest BCUT2D eigenvalue weighted by Crippen LogP contribution is -2.21. The van der Waals surface area contributed by atoms with Crippen LogP contribution in [0.2, 0.25) is 0 Å². The molecular weight excluding hydrogens is 298 g/mol. The molecule has 0 fully saturated rings. The van der Waals surface area contributed by atoms with E-state index in [2.05, 4.69) is 39.1 Å². The second-order valence-electron chi connectivity index (χ2n) is 6.46. The number of ether oxygens (including phenoxy) is 1. The first kappa shape index (κ1) is 18.1. The van der Waals surface area contributed by atoms with Gasteiger partial charge in [-0.3, -0.25) is 4.79 Å². The topological polar surface area (TPSA) is 38.3 Å². The summed E-state index contributed by atoms with van der Waals surface area (Å²) in [6.45, 7) is 8.62. The van der Waals surface area contributed by atoms with Crippen LogP contribution in [0.25, 0.3) is 0 Å². The Labute approximate surface area is 145 Å². The first-order valence-electron chi connectivity index (χ1n) is 8.62. The Morgan fingerprint density at radius 3 is 2.33 bits per heavy atom. The van der Waals surface area contributed by atoms with Crippen LogP contribution in [-0.2, 0) is 4.79 Å². The average Bonchev–Trinajstić information content (AvgIpc) is 2.60. The van der Waals surface area contributed by atoms with Crippen LogP contribution < -0.4 is 10.1 Å². The molecule has 0 radical (unpaired) electrons. The lowest BCUT2D eigenvalue weighted by molar-refractivity contribution is -0.118. The minimum Gasteiger partial charge on any atom is -0.484 e. The van der Waals surface area contributed by atoms with Crippen molar-refractivity contribution in [2.45, 2.75) is 46.0 Å². The van der Waals surface area contributed by atoms with Crippen LogP contribution >= 0.6 is 0 Å². The Kier molecular flexibility index (Phi) is 6.42. The zero-order chi connectivity index (χ0) is 17.5. The van der Waals surface area contributed by atoms with E-state index in [1.54, 1.807) is 0 Å². The molecule has 0 aliphatic carbocycles. The number of nitrogens with one attached hydrogen (secondary N) is 1. The third kappa shape index (κ3) is 4.85. The van der Waals surface area contributed by atoms with Gasteiger partial charge in [-0.1, -0.05) is 58.0 Å². The Morgan fingerprint density at radius 2 is 1.71 bits per heavy atom. The highest BCUT2D eigenvalue weighted by atomic mass is 16.5. The minimum absolute atomic E-state index is 0.00979. The highest BCUT2D eigenvalue weighted by Crippen LogP contribution is 2.26. The maximum atomic E-state index is 12.2. The molecule has 2 rings (SSSR count). The van der Waals surface area contributed by atoms with Crippen molar-refractivity contribution in [3.63, 3.8) is 0 Å². The molecule has 1 N–H and O–H groups in total. The zero-order valence-electron chi connectivity index (χ0n) is 15.0. The molecule has 0 heterocycles. The summed E-state index contributed by atoms with van der Waals surface area (Å²) in [7, 11) is 0. The second kappa shape index (κ2) is 8.53. The molecule has 0 aliphatic rings. The highest BCUT2D eigenvalue weighted by Gasteiger charge is 2.11. The molecule has 0 spiro atoms. The fraction of sp³-hybridized carbons (Fsp3) is 0.381. The van der Waals surface area contributed by atoms with Crippen molar-refractivity contribution in [2.75, 3.05) is 11.9 Å². The van der Waals surface area contributed by atoms with Gasteiger partial charge < -0.3 is 10.1 Å². The Morgan fingerprint density at radius 1 is 1.04 bits per heavy atom. The summed E-state index contributed by atoms with van der Waals surface area (Å²) < 4.78 is 5.59. The molecular formula is C21H27NO2. The van der Waals surface area contributed by atoms with Gasteiger partial charge in [0.1, 0.15) is 5.75 Å². The lowest BCUT2D eigenvalue weighted by atomic mass is 9.97. The first-order chi connectivity index (χ1) is 11.5. The number of carbonyl (C=O) groups excluding carboxylic acids is 1. The molecule has 0 bridgehead atoms. The van der Waals surface area contributed by atoms with Crippen LogP contribution in [0.5, 0.6) is 5.75 Å². The molecule has 24 heavy (non-hydrogen) atoms. The third-order valence-electron chi connectivity index (χ3n) is 4.29. The summed E-state index contributed by atoms with van der Waals surface area (Å²) in [5, 5.41) is 2.96. The average molecular weight is 325 g/mol. The van der Waals surface area contributed by atoms with E-state index in [0.29, 0.717) is 17.6 Å². The molecule has 2 aromatic rings. The number of para-hydroxylation sites is 1. The summed E-state index contributed by atoms with van der Waals surface area (Å²) in [4.78, 5) is 12.2. The van der Waals surface area contributed by atoms with Gasteiger partial charge >= 0.3 is 0 Å². The van der Waals surface area contributed by atoms with E-state index in [4.69, 9.17) is 4.74 Å². The molecule has 0 saturated heterocycles. The van der Waals surface area contributed by atoms with Crippen LogP contribution in [0.3, 0.4) is 0 Å². The van der Waals surface area contributed by atoms with E-state index in [1.807, 2.05) is 42.5 Å². The zero-order valence-corrected chi connectivity index (χ0v) is 15.0. The van der Waals surface area contributed by atoms with Gasteiger partial charge in [-0.05, 0) is 47.6 Å². The molecule has 2 aromatic carbocycles. The van der Waals surface area contributed by atoms with Crippen LogP contribution in [0.4, 0.5) is 5.69 Å². The number of benzene rings is 2. The number of anilines is 1. The summed E-state index contributed by atoms with van der Waals surface area (Å²) in [6.07, 6.45) is 1.03. The maximum Gasteiger partial charge on any atom is 0.262 e. The van der Waals surface area contributed by atoms with E-state index in [0.717, 1.165) is 17.7 Å². The quantitative estimate of drug-likeness (QED) is 0.746. The Hall–Kier alpha value is -2.29. The number of amides is 1. The van der Waals surface area contributed by atoms with Crippen molar-refractivity contribution >= 4 is 11.6 Å².